The number of amides is 1. The van der Waals surface area contributed by atoms with E-state index in [1.807, 2.05) is 0 Å². The minimum atomic E-state index is 0.109. The third-order valence-electron chi connectivity index (χ3n) is 2.68. The van der Waals surface area contributed by atoms with E-state index >= 15 is 0 Å². The predicted octanol–water partition coefficient (Wildman–Crippen LogP) is 0.267. The fraction of sp³-hybridized carbons (Fsp3) is 0.900. The van der Waals surface area contributed by atoms with E-state index in [4.69, 9.17) is 10.5 Å². The smallest absolute Gasteiger partial charge is 0.220 e. The Morgan fingerprint density at radius 3 is 3.00 bits per heavy atom. The summed E-state index contributed by atoms with van der Waals surface area (Å²) in [4.78, 5) is 11.5. The average Bonchev–Trinajstić information content (AvgIpc) is 2.66. The molecular weight excluding hydrogens is 180 g/mol. The quantitative estimate of drug-likeness (QED) is 0.669. The number of carbonyl (C=O) groups excluding carboxylic acids is 1. The van der Waals surface area contributed by atoms with Crippen molar-refractivity contribution in [3.8, 4) is 0 Å². The van der Waals surface area contributed by atoms with Crippen molar-refractivity contribution in [2.45, 2.75) is 32.2 Å². The number of nitrogens with two attached hydrogens (primary N) is 1. The molecule has 0 aromatic carbocycles. The highest BCUT2D eigenvalue weighted by atomic mass is 16.5. The molecule has 0 aliphatic carbocycles. The molecule has 4 nitrogen and oxygen atoms in total. The molecule has 0 radical (unpaired) electrons. The van der Waals surface area contributed by atoms with E-state index in [0.717, 1.165) is 19.4 Å². The summed E-state index contributed by atoms with van der Waals surface area (Å²) < 4.78 is 5.18. The molecule has 0 aromatic heterocycles. The number of ether oxygens (including phenoxy) is 1. The normalized spacial score (nSPS) is 23.4. The van der Waals surface area contributed by atoms with Crippen molar-refractivity contribution < 1.29 is 9.53 Å². The molecule has 1 saturated heterocycles. The summed E-state index contributed by atoms with van der Waals surface area (Å²) in [7, 11) is 0. The van der Waals surface area contributed by atoms with Crippen molar-refractivity contribution in [3.05, 3.63) is 0 Å². The zero-order valence-electron chi connectivity index (χ0n) is 8.79. The highest BCUT2D eigenvalue weighted by Crippen LogP contribution is 2.08. The van der Waals surface area contributed by atoms with Crippen LogP contribution in [-0.2, 0) is 9.53 Å². The molecule has 1 amide bonds. The number of hydrogen-bond acceptors (Lipinski definition) is 3. The standard InChI is InChI=1S/C10H20N2O2/c1-2-8(6-11)5-10(13)12-9-3-4-14-7-9/h8-9H,2-7,11H2,1H3,(H,12,13). The zero-order chi connectivity index (χ0) is 10.4. The molecule has 1 aliphatic rings. The van der Waals surface area contributed by atoms with E-state index in [0.29, 0.717) is 25.5 Å². The first kappa shape index (κ1) is 11.5. The summed E-state index contributed by atoms with van der Waals surface area (Å²) in [5.74, 6) is 0.426. The van der Waals surface area contributed by atoms with Gasteiger partial charge in [0.25, 0.3) is 0 Å². The number of nitrogens with one attached hydrogen (secondary N) is 1. The topological polar surface area (TPSA) is 64.4 Å². The van der Waals surface area contributed by atoms with Gasteiger partial charge in [0, 0.05) is 13.0 Å². The first-order chi connectivity index (χ1) is 6.76. The third-order valence-corrected chi connectivity index (χ3v) is 2.68. The van der Waals surface area contributed by atoms with Gasteiger partial charge >= 0.3 is 0 Å². The van der Waals surface area contributed by atoms with Gasteiger partial charge in [-0.25, -0.2) is 0 Å². The number of carbonyl (C=O) groups is 1. The molecule has 1 fully saturated rings. The van der Waals surface area contributed by atoms with Crippen LogP contribution in [0.25, 0.3) is 0 Å². The first-order valence-corrected chi connectivity index (χ1v) is 5.33. The number of rotatable bonds is 5. The van der Waals surface area contributed by atoms with Crippen LogP contribution in [0.4, 0.5) is 0 Å². The van der Waals surface area contributed by atoms with Crippen LogP contribution in [0, 0.1) is 5.92 Å². The molecule has 0 spiro atoms. The Morgan fingerprint density at radius 1 is 1.71 bits per heavy atom. The largest absolute Gasteiger partial charge is 0.379 e. The lowest BCUT2D eigenvalue weighted by molar-refractivity contribution is -0.122. The Balaban J connectivity index is 2.20. The first-order valence-electron chi connectivity index (χ1n) is 5.33. The molecule has 1 rings (SSSR count). The highest BCUT2D eigenvalue weighted by Gasteiger charge is 2.19. The third kappa shape index (κ3) is 3.64. The summed E-state index contributed by atoms with van der Waals surface area (Å²) in [6, 6.07) is 0.220. The van der Waals surface area contributed by atoms with E-state index < -0.39 is 0 Å². The van der Waals surface area contributed by atoms with Gasteiger partial charge < -0.3 is 15.8 Å². The predicted molar refractivity (Wildman–Crippen MR) is 54.8 cm³/mol. The van der Waals surface area contributed by atoms with Crippen LogP contribution >= 0.6 is 0 Å². The summed E-state index contributed by atoms with van der Waals surface area (Å²) in [6.07, 6.45) is 2.44. The Labute approximate surface area is 85.2 Å². The Hall–Kier alpha value is -0.610. The van der Waals surface area contributed by atoms with Gasteiger partial charge in [0.15, 0.2) is 0 Å². The SMILES string of the molecule is CCC(CN)CC(=O)NC1CCOC1. The molecule has 0 aromatic rings. The maximum absolute atomic E-state index is 11.5. The monoisotopic (exact) mass is 200 g/mol. The van der Waals surface area contributed by atoms with Crippen LogP contribution in [0.5, 0.6) is 0 Å². The van der Waals surface area contributed by atoms with Gasteiger partial charge in [-0.2, -0.15) is 0 Å². The van der Waals surface area contributed by atoms with Crippen LogP contribution in [0.1, 0.15) is 26.2 Å². The van der Waals surface area contributed by atoms with E-state index in [-0.39, 0.29) is 11.9 Å². The second-order valence-corrected chi connectivity index (χ2v) is 3.84. The van der Waals surface area contributed by atoms with E-state index in [1.54, 1.807) is 0 Å². The van der Waals surface area contributed by atoms with Crippen LogP contribution in [0.15, 0.2) is 0 Å². The molecule has 4 heteroatoms. The average molecular weight is 200 g/mol. The van der Waals surface area contributed by atoms with Crippen molar-refractivity contribution in [1.82, 2.24) is 5.32 Å². The fourth-order valence-electron chi connectivity index (χ4n) is 1.59. The van der Waals surface area contributed by atoms with Gasteiger partial charge in [-0.15, -0.1) is 0 Å². The van der Waals surface area contributed by atoms with Crippen molar-refractivity contribution in [2.24, 2.45) is 11.7 Å². The molecule has 0 saturated carbocycles. The minimum Gasteiger partial charge on any atom is -0.379 e. The fourth-order valence-corrected chi connectivity index (χ4v) is 1.59. The Kier molecular flexibility index (Phi) is 4.90. The number of hydrogen-bond donors (Lipinski definition) is 2. The lowest BCUT2D eigenvalue weighted by Gasteiger charge is -2.14. The minimum absolute atomic E-state index is 0.109. The summed E-state index contributed by atoms with van der Waals surface area (Å²) in [5, 5.41) is 2.96. The summed E-state index contributed by atoms with van der Waals surface area (Å²) in [5.41, 5.74) is 5.54. The van der Waals surface area contributed by atoms with Gasteiger partial charge in [-0.3, -0.25) is 4.79 Å². The summed E-state index contributed by atoms with van der Waals surface area (Å²) in [6.45, 7) is 4.07. The van der Waals surface area contributed by atoms with E-state index in [1.165, 1.54) is 0 Å². The molecular formula is C10H20N2O2. The van der Waals surface area contributed by atoms with Gasteiger partial charge in [0.1, 0.15) is 0 Å². The molecule has 1 aliphatic heterocycles. The molecule has 2 unspecified atom stereocenters. The van der Waals surface area contributed by atoms with E-state index in [2.05, 4.69) is 12.2 Å². The zero-order valence-corrected chi connectivity index (χ0v) is 8.79. The molecule has 1 heterocycles. The van der Waals surface area contributed by atoms with Crippen molar-refractivity contribution in [1.29, 1.82) is 0 Å². The van der Waals surface area contributed by atoms with E-state index in [9.17, 15) is 4.79 Å². The molecule has 82 valence electrons. The lowest BCUT2D eigenvalue weighted by Crippen LogP contribution is -2.36. The summed E-state index contributed by atoms with van der Waals surface area (Å²) >= 11 is 0. The van der Waals surface area contributed by atoms with Gasteiger partial charge in [0.2, 0.25) is 5.91 Å². The van der Waals surface area contributed by atoms with Gasteiger partial charge in [0.05, 0.1) is 12.6 Å². The highest BCUT2D eigenvalue weighted by molar-refractivity contribution is 5.76. The van der Waals surface area contributed by atoms with Crippen LogP contribution in [-0.4, -0.2) is 31.7 Å². The second kappa shape index (κ2) is 5.98. The second-order valence-electron chi connectivity index (χ2n) is 3.84. The van der Waals surface area contributed by atoms with Crippen molar-refractivity contribution >= 4 is 5.91 Å². The van der Waals surface area contributed by atoms with Gasteiger partial charge in [-0.05, 0) is 18.9 Å². The maximum Gasteiger partial charge on any atom is 0.220 e. The lowest BCUT2D eigenvalue weighted by atomic mass is 10.0. The van der Waals surface area contributed by atoms with Gasteiger partial charge in [-0.1, -0.05) is 13.3 Å². The van der Waals surface area contributed by atoms with Crippen molar-refractivity contribution in [2.75, 3.05) is 19.8 Å². The maximum atomic E-state index is 11.5. The Morgan fingerprint density at radius 2 is 2.50 bits per heavy atom. The van der Waals surface area contributed by atoms with Crippen LogP contribution in [0.3, 0.4) is 0 Å². The van der Waals surface area contributed by atoms with Crippen LogP contribution in [0.2, 0.25) is 0 Å². The molecule has 2 atom stereocenters. The Bertz CT molecular complexity index is 169. The molecule has 14 heavy (non-hydrogen) atoms. The van der Waals surface area contributed by atoms with Crippen molar-refractivity contribution in [3.63, 3.8) is 0 Å². The van der Waals surface area contributed by atoms with Crippen LogP contribution < -0.4 is 11.1 Å². The molecule has 3 N–H and O–H groups in total. The molecule has 0 bridgehead atoms.